The van der Waals surface area contributed by atoms with Crippen molar-refractivity contribution in [1.82, 2.24) is 19.4 Å². The third-order valence-corrected chi connectivity index (χ3v) is 5.35. The number of nitrogens with zero attached hydrogens (tertiary/aromatic N) is 6. The lowest BCUT2D eigenvalue weighted by Crippen LogP contribution is -2.26. The monoisotopic (exact) mass is 472 g/mol. The van der Waals surface area contributed by atoms with E-state index in [1.807, 2.05) is 28.5 Å². The summed E-state index contributed by atoms with van der Waals surface area (Å²) < 4.78 is 1.83. The topological polar surface area (TPSA) is 128 Å². The number of nitro groups is 1. The summed E-state index contributed by atoms with van der Waals surface area (Å²) in [4.78, 5) is 25.4. The van der Waals surface area contributed by atoms with Gasteiger partial charge in [0.1, 0.15) is 11.5 Å². The molecule has 164 valence electrons. The third-order valence-electron chi connectivity index (χ3n) is 4.80. The van der Waals surface area contributed by atoms with Gasteiger partial charge in [0.2, 0.25) is 11.8 Å². The molecule has 0 fully saturated rings. The highest BCUT2D eigenvalue weighted by atomic mass is 35.5. The molecule has 3 heterocycles. The molecule has 12 heteroatoms. The number of halogens is 2. The smallest absolute Gasteiger partial charge is 0.311 e. The lowest BCUT2D eigenvalue weighted by molar-refractivity contribution is -0.384. The highest BCUT2D eigenvalue weighted by Crippen LogP contribution is 2.30. The molecule has 0 unspecified atom stereocenters. The molecule has 0 radical (unpaired) electrons. The number of aromatic nitrogens is 4. The number of imidazole rings is 1. The van der Waals surface area contributed by atoms with Crippen LogP contribution >= 0.6 is 23.2 Å². The van der Waals surface area contributed by atoms with Crippen LogP contribution in [0.3, 0.4) is 0 Å². The number of pyridine rings is 1. The largest absolute Gasteiger partial charge is 0.378 e. The quantitative estimate of drug-likeness (QED) is 0.303. The van der Waals surface area contributed by atoms with Gasteiger partial charge < -0.3 is 16.0 Å². The Bertz CT molecular complexity index is 1310. The van der Waals surface area contributed by atoms with Crippen LogP contribution in [0.1, 0.15) is 0 Å². The van der Waals surface area contributed by atoms with Gasteiger partial charge in [0.25, 0.3) is 0 Å². The van der Waals surface area contributed by atoms with Crippen molar-refractivity contribution in [2.24, 2.45) is 0 Å². The van der Waals surface area contributed by atoms with E-state index < -0.39 is 4.92 Å². The summed E-state index contributed by atoms with van der Waals surface area (Å²) >= 11 is 12.4. The first-order valence-corrected chi connectivity index (χ1v) is 10.2. The van der Waals surface area contributed by atoms with Crippen LogP contribution in [0.25, 0.3) is 16.9 Å². The fraction of sp³-hybridized carbons (Fsp3) is 0.150. The molecule has 0 spiro atoms. The van der Waals surface area contributed by atoms with Crippen LogP contribution in [0.5, 0.6) is 0 Å². The van der Waals surface area contributed by atoms with E-state index in [4.69, 9.17) is 33.9 Å². The Balaban J connectivity index is 1.52. The first-order valence-electron chi connectivity index (χ1n) is 9.49. The fourth-order valence-electron chi connectivity index (χ4n) is 3.16. The SMILES string of the molecule is CN(CCNc1nc(-c2ccc(Cl)cc2Cl)cc2nccn12)c1ccc([N+](=O)[O-])c(N)n1. The zero-order valence-electron chi connectivity index (χ0n) is 16.9. The molecule has 0 aliphatic rings. The zero-order valence-corrected chi connectivity index (χ0v) is 18.4. The standard InChI is InChI=1S/C20H18Cl2N8O2/c1-28(17-5-4-16(30(31)32)19(23)27-17)8-6-25-20-26-15(11-18-24-7-9-29(18)20)13-3-2-12(21)10-14(13)22/h2-5,7,9-11H,6,8H2,1H3,(H2,23,27)(H,25,26). The van der Waals surface area contributed by atoms with Crippen molar-refractivity contribution in [1.29, 1.82) is 0 Å². The average molecular weight is 473 g/mol. The summed E-state index contributed by atoms with van der Waals surface area (Å²) in [6.45, 7) is 1.04. The van der Waals surface area contributed by atoms with E-state index in [9.17, 15) is 10.1 Å². The number of nitrogen functional groups attached to an aromatic ring is 1. The predicted octanol–water partition coefficient (Wildman–Crippen LogP) is 4.14. The minimum Gasteiger partial charge on any atom is -0.378 e. The van der Waals surface area contributed by atoms with Crippen molar-refractivity contribution >= 4 is 52.1 Å². The van der Waals surface area contributed by atoms with Crippen LogP contribution in [-0.4, -0.2) is 44.4 Å². The van der Waals surface area contributed by atoms with Crippen LogP contribution in [-0.2, 0) is 0 Å². The summed E-state index contributed by atoms with van der Waals surface area (Å²) in [7, 11) is 1.82. The number of nitrogens with two attached hydrogens (primary N) is 1. The maximum Gasteiger partial charge on any atom is 0.311 e. The third kappa shape index (κ3) is 4.36. The lowest BCUT2D eigenvalue weighted by Gasteiger charge is -2.19. The van der Waals surface area contributed by atoms with E-state index in [1.165, 1.54) is 6.07 Å². The van der Waals surface area contributed by atoms with Gasteiger partial charge in [-0.15, -0.1) is 0 Å². The highest BCUT2D eigenvalue weighted by Gasteiger charge is 2.15. The first-order chi connectivity index (χ1) is 15.3. The number of hydrogen-bond donors (Lipinski definition) is 2. The molecule has 10 nitrogen and oxygen atoms in total. The molecule has 0 saturated carbocycles. The molecule has 4 rings (SSSR count). The van der Waals surface area contributed by atoms with Crippen LogP contribution in [0.4, 0.5) is 23.3 Å². The Kier molecular flexibility index (Phi) is 5.97. The van der Waals surface area contributed by atoms with Gasteiger partial charge in [-0.3, -0.25) is 14.5 Å². The van der Waals surface area contributed by atoms with Gasteiger partial charge in [0, 0.05) is 55.2 Å². The van der Waals surface area contributed by atoms with Crippen molar-refractivity contribution in [3.8, 4) is 11.3 Å². The normalized spacial score (nSPS) is 11.0. The van der Waals surface area contributed by atoms with E-state index in [0.717, 1.165) is 5.56 Å². The maximum atomic E-state index is 10.9. The molecule has 4 aromatic rings. The van der Waals surface area contributed by atoms with Gasteiger partial charge in [0.05, 0.1) is 15.6 Å². The number of nitrogens with one attached hydrogen (secondary N) is 1. The van der Waals surface area contributed by atoms with Crippen molar-refractivity contribution in [2.45, 2.75) is 0 Å². The van der Waals surface area contributed by atoms with E-state index in [2.05, 4.69) is 15.3 Å². The number of hydrogen-bond acceptors (Lipinski definition) is 8. The second-order valence-corrected chi connectivity index (χ2v) is 7.77. The van der Waals surface area contributed by atoms with Crippen LogP contribution < -0.4 is 16.0 Å². The average Bonchev–Trinajstić information content (AvgIpc) is 3.22. The molecule has 1 aromatic carbocycles. The van der Waals surface area contributed by atoms with Gasteiger partial charge in [-0.05, 0) is 24.3 Å². The van der Waals surface area contributed by atoms with Gasteiger partial charge in [-0.25, -0.2) is 15.0 Å². The Labute approximate surface area is 192 Å². The van der Waals surface area contributed by atoms with E-state index >= 15 is 0 Å². The fourth-order valence-corrected chi connectivity index (χ4v) is 3.66. The van der Waals surface area contributed by atoms with Gasteiger partial charge in [0.15, 0.2) is 0 Å². The summed E-state index contributed by atoms with van der Waals surface area (Å²) in [5, 5.41) is 15.2. The molecule has 0 aliphatic carbocycles. The molecule has 0 aliphatic heterocycles. The highest BCUT2D eigenvalue weighted by molar-refractivity contribution is 6.36. The van der Waals surface area contributed by atoms with Crippen molar-refractivity contribution in [3.63, 3.8) is 0 Å². The van der Waals surface area contributed by atoms with Crippen molar-refractivity contribution < 1.29 is 4.92 Å². The van der Waals surface area contributed by atoms with Gasteiger partial charge in [-0.2, -0.15) is 0 Å². The second kappa shape index (κ2) is 8.85. The summed E-state index contributed by atoms with van der Waals surface area (Å²) in [6.07, 6.45) is 3.49. The minimum atomic E-state index is -0.560. The number of benzene rings is 1. The van der Waals surface area contributed by atoms with Crippen LogP contribution in [0.15, 0.2) is 48.8 Å². The predicted molar refractivity (Wildman–Crippen MR) is 126 cm³/mol. The lowest BCUT2D eigenvalue weighted by atomic mass is 10.1. The molecule has 0 bridgehead atoms. The van der Waals surface area contributed by atoms with Crippen molar-refractivity contribution in [3.05, 3.63) is 69.0 Å². The zero-order chi connectivity index (χ0) is 22.8. The van der Waals surface area contributed by atoms with E-state index in [0.29, 0.717) is 46.2 Å². The Morgan fingerprint density at radius 1 is 1.22 bits per heavy atom. The minimum absolute atomic E-state index is 0.123. The second-order valence-electron chi connectivity index (χ2n) is 6.92. The molecular formula is C20H18Cl2N8O2. The number of anilines is 3. The number of fused-ring (bicyclic) bond motifs is 1. The Morgan fingerprint density at radius 3 is 2.75 bits per heavy atom. The molecule has 0 amide bonds. The number of rotatable bonds is 7. The van der Waals surface area contributed by atoms with Gasteiger partial charge >= 0.3 is 5.69 Å². The summed E-state index contributed by atoms with van der Waals surface area (Å²) in [5.41, 5.74) is 7.58. The molecule has 32 heavy (non-hydrogen) atoms. The summed E-state index contributed by atoms with van der Waals surface area (Å²) in [5.74, 6) is 0.990. The van der Waals surface area contributed by atoms with E-state index in [1.54, 1.807) is 30.6 Å². The Hall–Kier alpha value is -3.63. The Morgan fingerprint density at radius 2 is 2.03 bits per heavy atom. The maximum absolute atomic E-state index is 10.9. The molecule has 0 atom stereocenters. The van der Waals surface area contributed by atoms with Crippen LogP contribution in [0.2, 0.25) is 10.0 Å². The van der Waals surface area contributed by atoms with E-state index in [-0.39, 0.29) is 11.5 Å². The summed E-state index contributed by atoms with van der Waals surface area (Å²) in [6, 6.07) is 9.98. The first kappa shape index (κ1) is 21.6. The molecule has 3 aromatic heterocycles. The molecule has 3 N–H and O–H groups in total. The molecule has 0 saturated heterocycles. The van der Waals surface area contributed by atoms with Crippen molar-refractivity contribution in [2.75, 3.05) is 36.1 Å². The molecular weight excluding hydrogens is 455 g/mol. The number of likely N-dealkylation sites (N-methyl/N-ethyl adjacent to an activating group) is 1. The van der Waals surface area contributed by atoms with Crippen LogP contribution in [0, 0.1) is 10.1 Å². The van der Waals surface area contributed by atoms with Gasteiger partial charge in [-0.1, -0.05) is 23.2 Å².